The third-order valence-electron chi connectivity index (χ3n) is 6.37. The van der Waals surface area contributed by atoms with E-state index < -0.39 is 0 Å². The molecular weight excluding hydrogens is 491 g/mol. The number of para-hydroxylation sites is 1. The van der Waals surface area contributed by atoms with Crippen LogP contribution in [0, 0.1) is 0 Å². The van der Waals surface area contributed by atoms with Gasteiger partial charge in [0.15, 0.2) is 0 Å². The molecule has 4 rings (SSSR count). The molecule has 1 saturated carbocycles. The number of nitrogens with one attached hydrogen (secondary N) is 1. The molecule has 34 heavy (non-hydrogen) atoms. The van der Waals surface area contributed by atoms with E-state index in [1.54, 1.807) is 29.2 Å². The molecule has 2 aromatic carbocycles. The molecule has 1 heterocycles. The third kappa shape index (κ3) is 4.68. The molecular formula is C27H25Cl3N2O2. The number of urea groups is 1. The summed E-state index contributed by atoms with van der Waals surface area (Å²) in [6.45, 7) is 6.06. The molecule has 0 unspecified atom stereocenters. The smallest absolute Gasteiger partial charge is 0.326 e. The highest BCUT2D eigenvalue weighted by molar-refractivity contribution is 6.40. The number of amides is 2. The van der Waals surface area contributed by atoms with E-state index in [-0.39, 0.29) is 11.9 Å². The van der Waals surface area contributed by atoms with Crippen LogP contribution in [0.25, 0.3) is 5.57 Å². The van der Waals surface area contributed by atoms with E-state index in [9.17, 15) is 9.59 Å². The van der Waals surface area contributed by atoms with E-state index in [1.807, 2.05) is 25.1 Å². The maximum absolute atomic E-state index is 13.2. The lowest BCUT2D eigenvalue weighted by atomic mass is 9.81. The topological polar surface area (TPSA) is 49.4 Å². The lowest BCUT2D eigenvalue weighted by molar-refractivity contribution is -0.120. The van der Waals surface area contributed by atoms with Crippen molar-refractivity contribution in [3.8, 4) is 0 Å². The van der Waals surface area contributed by atoms with Gasteiger partial charge < -0.3 is 5.32 Å². The Kier molecular flexibility index (Phi) is 7.51. The van der Waals surface area contributed by atoms with Crippen molar-refractivity contribution in [2.24, 2.45) is 0 Å². The van der Waals surface area contributed by atoms with E-state index in [2.05, 4.69) is 18.0 Å². The van der Waals surface area contributed by atoms with Crippen molar-refractivity contribution in [1.29, 1.82) is 0 Å². The first-order valence-electron chi connectivity index (χ1n) is 11.2. The average molecular weight is 516 g/mol. The number of allylic oxidation sites excluding steroid dienone is 5. The number of Topliss-reactive ketones (excluding diaryl/α,β-unsaturated/α-hetero) is 1. The number of fused-ring (bicyclic) bond motifs is 1. The van der Waals surface area contributed by atoms with Crippen LogP contribution in [-0.4, -0.2) is 11.8 Å². The van der Waals surface area contributed by atoms with E-state index >= 15 is 0 Å². The second-order valence-electron chi connectivity index (χ2n) is 8.40. The minimum absolute atomic E-state index is 0.199. The number of carbonyl (C=O) groups is 2. The molecule has 2 amide bonds. The van der Waals surface area contributed by atoms with Crippen LogP contribution in [0.4, 0.5) is 16.2 Å². The molecule has 2 aromatic rings. The number of nitrogens with zero attached hydrogens (tertiary/aromatic N) is 1. The largest absolute Gasteiger partial charge is 0.333 e. The van der Waals surface area contributed by atoms with E-state index in [1.165, 1.54) is 0 Å². The molecule has 0 aromatic heterocycles. The molecule has 0 radical (unpaired) electrons. The van der Waals surface area contributed by atoms with Gasteiger partial charge in [-0.15, -0.1) is 0 Å². The molecule has 0 atom stereocenters. The number of halogens is 3. The van der Waals surface area contributed by atoms with Crippen molar-refractivity contribution >= 4 is 63.6 Å². The van der Waals surface area contributed by atoms with Gasteiger partial charge in [-0.3, -0.25) is 9.69 Å². The van der Waals surface area contributed by atoms with Gasteiger partial charge in [0.25, 0.3) is 0 Å². The maximum Gasteiger partial charge on any atom is 0.326 e. The molecule has 0 spiro atoms. The molecule has 1 N–H and O–H groups in total. The van der Waals surface area contributed by atoms with Crippen LogP contribution >= 0.6 is 34.8 Å². The average Bonchev–Trinajstić information content (AvgIpc) is 2.83. The zero-order chi connectivity index (χ0) is 24.4. The van der Waals surface area contributed by atoms with E-state index in [4.69, 9.17) is 34.8 Å². The van der Waals surface area contributed by atoms with Crippen LogP contribution < -0.4 is 10.2 Å². The highest BCUT2D eigenvalue weighted by atomic mass is 35.5. The number of ketones is 1. The third-order valence-corrected chi connectivity index (χ3v) is 7.40. The monoisotopic (exact) mass is 514 g/mol. The maximum atomic E-state index is 13.2. The van der Waals surface area contributed by atoms with Crippen LogP contribution in [-0.2, 0) is 11.3 Å². The zero-order valence-corrected chi connectivity index (χ0v) is 21.1. The quantitative estimate of drug-likeness (QED) is 0.407. The SMILES string of the molecule is C=C/C=C(\C(Cl)=C/C)c1cc(C2CCC(=O)CC2)cc2c1CNC(=O)N2c1c(Cl)cccc1Cl. The van der Waals surface area contributed by atoms with Crippen LogP contribution in [0.3, 0.4) is 0 Å². The normalized spacial score (nSPS) is 17.5. The van der Waals surface area contributed by atoms with Gasteiger partial charge in [-0.1, -0.05) is 71.7 Å². The fourth-order valence-corrected chi connectivity index (χ4v) is 5.39. The van der Waals surface area contributed by atoms with Gasteiger partial charge in [-0.2, -0.15) is 0 Å². The lowest BCUT2D eigenvalue weighted by Crippen LogP contribution is -2.42. The Morgan fingerprint density at radius 2 is 1.82 bits per heavy atom. The standard InChI is InChI=1S/C27H25Cl3N2O2/c1-3-6-19(22(28)4-2)20-13-17(16-9-11-18(33)12-10-16)14-25-21(20)15-31-27(34)32(25)26-23(29)7-5-8-24(26)30/h3-8,13-14,16H,1,9-12,15H2,2H3,(H,31,34)/b19-6-,22-4+. The summed E-state index contributed by atoms with van der Waals surface area (Å²) in [6, 6.07) is 9.02. The zero-order valence-electron chi connectivity index (χ0n) is 18.8. The minimum atomic E-state index is -0.309. The van der Waals surface area contributed by atoms with Gasteiger partial charge >= 0.3 is 6.03 Å². The fraction of sp³-hybridized carbons (Fsp3) is 0.259. The van der Waals surface area contributed by atoms with Crippen molar-refractivity contribution in [3.63, 3.8) is 0 Å². The predicted octanol–water partition coefficient (Wildman–Crippen LogP) is 8.29. The second kappa shape index (κ2) is 10.4. The van der Waals surface area contributed by atoms with Crippen LogP contribution in [0.15, 0.2) is 60.2 Å². The Morgan fingerprint density at radius 1 is 1.15 bits per heavy atom. The molecule has 7 heteroatoms. The van der Waals surface area contributed by atoms with Crippen molar-refractivity contribution < 1.29 is 9.59 Å². The first kappa shape index (κ1) is 24.6. The molecule has 176 valence electrons. The first-order chi connectivity index (χ1) is 16.3. The number of carbonyl (C=O) groups excluding carboxylic acids is 2. The van der Waals surface area contributed by atoms with Crippen molar-refractivity contribution in [1.82, 2.24) is 5.32 Å². The van der Waals surface area contributed by atoms with E-state index in [0.29, 0.717) is 51.6 Å². The number of rotatable bonds is 5. The summed E-state index contributed by atoms with van der Waals surface area (Å²) in [5, 5.41) is 4.28. The van der Waals surface area contributed by atoms with Crippen LogP contribution in [0.2, 0.25) is 10.0 Å². The van der Waals surface area contributed by atoms with Crippen LogP contribution in [0.1, 0.15) is 55.2 Å². The highest BCUT2D eigenvalue weighted by Gasteiger charge is 2.33. The first-order valence-corrected chi connectivity index (χ1v) is 12.3. The van der Waals surface area contributed by atoms with Gasteiger partial charge in [-0.25, -0.2) is 4.79 Å². The Bertz CT molecular complexity index is 1200. The molecule has 2 aliphatic rings. The van der Waals surface area contributed by atoms with Gasteiger partial charge in [0.1, 0.15) is 5.78 Å². The van der Waals surface area contributed by atoms with Crippen molar-refractivity contribution in [3.05, 3.63) is 86.9 Å². The van der Waals surface area contributed by atoms with Crippen molar-refractivity contribution in [2.75, 3.05) is 4.90 Å². The number of anilines is 2. The number of benzene rings is 2. The molecule has 1 aliphatic heterocycles. The Balaban J connectivity index is 1.99. The van der Waals surface area contributed by atoms with Gasteiger partial charge in [0.05, 0.1) is 21.4 Å². The Labute approximate surface area is 214 Å². The number of hydrogen-bond acceptors (Lipinski definition) is 2. The lowest BCUT2D eigenvalue weighted by Gasteiger charge is -2.34. The second-order valence-corrected chi connectivity index (χ2v) is 9.62. The van der Waals surface area contributed by atoms with Crippen LogP contribution in [0.5, 0.6) is 0 Å². The Hall–Kier alpha value is -2.53. The van der Waals surface area contributed by atoms with E-state index in [0.717, 1.165) is 35.1 Å². The summed E-state index contributed by atoms with van der Waals surface area (Å²) in [7, 11) is 0. The van der Waals surface area contributed by atoms with Gasteiger partial charge in [0.2, 0.25) is 0 Å². The summed E-state index contributed by atoms with van der Waals surface area (Å²) in [4.78, 5) is 26.6. The number of hydrogen-bond donors (Lipinski definition) is 1. The fourth-order valence-electron chi connectivity index (χ4n) is 4.66. The highest BCUT2D eigenvalue weighted by Crippen LogP contribution is 2.46. The predicted molar refractivity (Wildman–Crippen MR) is 141 cm³/mol. The minimum Gasteiger partial charge on any atom is -0.333 e. The van der Waals surface area contributed by atoms with Crippen molar-refractivity contribution in [2.45, 2.75) is 45.1 Å². The summed E-state index contributed by atoms with van der Waals surface area (Å²) in [5.41, 5.74) is 4.81. The van der Waals surface area contributed by atoms with Gasteiger partial charge in [-0.05, 0) is 55.0 Å². The molecule has 1 fully saturated rings. The molecule has 4 nitrogen and oxygen atoms in total. The summed E-state index contributed by atoms with van der Waals surface area (Å²) in [6.07, 6.45) is 8.06. The van der Waals surface area contributed by atoms with Gasteiger partial charge in [0, 0.05) is 35.6 Å². The summed E-state index contributed by atoms with van der Waals surface area (Å²) >= 11 is 19.7. The molecule has 0 bridgehead atoms. The summed E-state index contributed by atoms with van der Waals surface area (Å²) < 4.78 is 0. The summed E-state index contributed by atoms with van der Waals surface area (Å²) in [5.74, 6) is 0.493. The Morgan fingerprint density at radius 3 is 2.44 bits per heavy atom. The molecule has 0 saturated heterocycles. The molecule has 1 aliphatic carbocycles.